The molecule has 1 unspecified atom stereocenters. The molecule has 0 aliphatic rings. The fourth-order valence-electron chi connectivity index (χ4n) is 2.46. The molecule has 0 aliphatic heterocycles. The van der Waals surface area contributed by atoms with Gasteiger partial charge < -0.3 is 10.1 Å². The largest absolute Gasteiger partial charge is 0.496 e. The lowest BCUT2D eigenvalue weighted by Gasteiger charge is -2.27. The van der Waals surface area contributed by atoms with Crippen LogP contribution in [-0.2, 0) is 10.2 Å². The van der Waals surface area contributed by atoms with Gasteiger partial charge in [-0.2, -0.15) is 0 Å². The molecule has 0 aliphatic carbocycles. The van der Waals surface area contributed by atoms with Crippen molar-refractivity contribution in [3.05, 3.63) is 65.7 Å². The quantitative estimate of drug-likeness (QED) is 0.910. The molecule has 0 saturated carbocycles. The molecule has 0 spiro atoms. The van der Waals surface area contributed by atoms with Crippen molar-refractivity contribution < 1.29 is 9.53 Å². The summed E-state index contributed by atoms with van der Waals surface area (Å²) in [4.78, 5) is 12.7. The van der Waals surface area contributed by atoms with Gasteiger partial charge in [0.1, 0.15) is 5.75 Å². The number of benzene rings is 2. The zero-order valence-corrected chi connectivity index (χ0v) is 13.6. The van der Waals surface area contributed by atoms with Gasteiger partial charge in [0.2, 0.25) is 5.91 Å². The number of nitrogens with one attached hydrogen (secondary N) is 1. The fraction of sp³-hybridized carbons (Fsp3) is 0.316. The van der Waals surface area contributed by atoms with E-state index in [1.165, 1.54) is 0 Å². The van der Waals surface area contributed by atoms with E-state index < -0.39 is 5.41 Å². The van der Waals surface area contributed by atoms with E-state index in [1.807, 2.05) is 75.4 Å². The number of methoxy groups -OCH3 is 1. The second-order valence-corrected chi connectivity index (χ2v) is 5.93. The number of rotatable bonds is 5. The molecule has 1 amide bonds. The second kappa shape index (κ2) is 6.65. The molecule has 116 valence electrons. The molecule has 0 fully saturated rings. The summed E-state index contributed by atoms with van der Waals surface area (Å²) in [5.41, 5.74) is 1.39. The Morgan fingerprint density at radius 3 is 2.27 bits per heavy atom. The Labute approximate surface area is 132 Å². The average molecular weight is 297 g/mol. The highest BCUT2D eigenvalue weighted by atomic mass is 16.5. The Hall–Kier alpha value is -2.29. The van der Waals surface area contributed by atoms with E-state index in [4.69, 9.17) is 4.74 Å². The molecule has 3 nitrogen and oxygen atoms in total. The molecule has 0 aromatic heterocycles. The van der Waals surface area contributed by atoms with E-state index in [9.17, 15) is 4.79 Å². The lowest BCUT2D eigenvalue weighted by Crippen LogP contribution is -2.41. The van der Waals surface area contributed by atoms with E-state index in [1.54, 1.807) is 7.11 Å². The maximum atomic E-state index is 12.7. The smallest absolute Gasteiger partial charge is 0.230 e. The molecular weight excluding hydrogens is 274 g/mol. The van der Waals surface area contributed by atoms with Crippen molar-refractivity contribution in [2.24, 2.45) is 0 Å². The summed E-state index contributed by atoms with van der Waals surface area (Å²) < 4.78 is 5.37. The van der Waals surface area contributed by atoms with Crippen LogP contribution in [0.2, 0.25) is 0 Å². The summed E-state index contributed by atoms with van der Waals surface area (Å²) in [6.45, 7) is 5.84. The summed E-state index contributed by atoms with van der Waals surface area (Å²) in [6, 6.07) is 17.4. The zero-order chi connectivity index (χ0) is 16.2. The summed E-state index contributed by atoms with van der Waals surface area (Å²) in [7, 11) is 1.64. The Kier molecular flexibility index (Phi) is 4.86. The van der Waals surface area contributed by atoms with Crippen molar-refractivity contribution in [2.75, 3.05) is 7.11 Å². The molecule has 1 N–H and O–H groups in total. The summed E-state index contributed by atoms with van der Waals surface area (Å²) in [5, 5.41) is 3.09. The van der Waals surface area contributed by atoms with Crippen LogP contribution < -0.4 is 10.1 Å². The number of carbonyl (C=O) groups excluding carboxylic acids is 1. The first kappa shape index (κ1) is 16.1. The third-order valence-electron chi connectivity index (χ3n) is 4.02. The van der Waals surface area contributed by atoms with Crippen LogP contribution in [0.15, 0.2) is 54.6 Å². The molecule has 0 heterocycles. The Bertz CT molecular complexity index is 635. The van der Waals surface area contributed by atoms with Crippen LogP contribution >= 0.6 is 0 Å². The van der Waals surface area contributed by atoms with Gasteiger partial charge in [-0.05, 0) is 32.4 Å². The third-order valence-corrected chi connectivity index (χ3v) is 4.02. The van der Waals surface area contributed by atoms with Crippen LogP contribution in [0.1, 0.15) is 37.9 Å². The van der Waals surface area contributed by atoms with Gasteiger partial charge in [-0.1, -0.05) is 48.5 Å². The lowest BCUT2D eigenvalue weighted by atomic mass is 9.83. The molecule has 0 saturated heterocycles. The monoisotopic (exact) mass is 297 g/mol. The van der Waals surface area contributed by atoms with Crippen molar-refractivity contribution in [1.29, 1.82) is 0 Å². The number of hydrogen-bond acceptors (Lipinski definition) is 2. The highest BCUT2D eigenvalue weighted by molar-refractivity contribution is 5.87. The molecule has 0 radical (unpaired) electrons. The number of hydrogen-bond donors (Lipinski definition) is 1. The first-order valence-corrected chi connectivity index (χ1v) is 7.46. The average Bonchev–Trinajstić information content (AvgIpc) is 2.55. The Morgan fingerprint density at radius 1 is 1.05 bits per heavy atom. The Morgan fingerprint density at radius 2 is 1.64 bits per heavy atom. The molecular formula is C19H23NO2. The van der Waals surface area contributed by atoms with E-state index >= 15 is 0 Å². The minimum atomic E-state index is -0.586. The topological polar surface area (TPSA) is 38.3 Å². The molecule has 0 bridgehead atoms. The summed E-state index contributed by atoms with van der Waals surface area (Å²) in [5.74, 6) is 0.782. The summed E-state index contributed by atoms with van der Waals surface area (Å²) in [6.07, 6.45) is 0. The van der Waals surface area contributed by atoms with E-state index in [2.05, 4.69) is 5.32 Å². The third kappa shape index (κ3) is 3.30. The van der Waals surface area contributed by atoms with Gasteiger partial charge in [-0.3, -0.25) is 4.79 Å². The predicted octanol–water partition coefficient (Wildman–Crippen LogP) is 3.85. The van der Waals surface area contributed by atoms with Crippen molar-refractivity contribution in [3.8, 4) is 5.75 Å². The number of para-hydroxylation sites is 1. The van der Waals surface area contributed by atoms with Crippen LogP contribution in [0.3, 0.4) is 0 Å². The van der Waals surface area contributed by atoms with Gasteiger partial charge in [-0.25, -0.2) is 0 Å². The fourth-order valence-corrected chi connectivity index (χ4v) is 2.46. The normalized spacial score (nSPS) is 12.5. The number of amides is 1. The molecule has 1 atom stereocenters. The number of carbonyl (C=O) groups is 1. The second-order valence-electron chi connectivity index (χ2n) is 5.93. The molecule has 3 heteroatoms. The standard InChI is InChI=1S/C19H23NO2/c1-14(16-12-8-9-13-17(16)22-4)20-18(21)19(2,3)15-10-6-5-7-11-15/h5-14H,1-4H3,(H,20,21). The van der Waals surface area contributed by atoms with E-state index in [0.717, 1.165) is 16.9 Å². The van der Waals surface area contributed by atoms with Crippen molar-refractivity contribution >= 4 is 5.91 Å². The van der Waals surface area contributed by atoms with E-state index in [-0.39, 0.29) is 11.9 Å². The van der Waals surface area contributed by atoms with Crippen LogP contribution in [-0.4, -0.2) is 13.0 Å². The molecule has 22 heavy (non-hydrogen) atoms. The molecule has 2 rings (SSSR count). The van der Waals surface area contributed by atoms with Crippen LogP contribution in [0.5, 0.6) is 5.75 Å². The predicted molar refractivity (Wildman–Crippen MR) is 89.0 cm³/mol. The van der Waals surface area contributed by atoms with E-state index in [0.29, 0.717) is 0 Å². The first-order chi connectivity index (χ1) is 10.5. The van der Waals surface area contributed by atoms with Gasteiger partial charge in [0.05, 0.1) is 18.6 Å². The van der Waals surface area contributed by atoms with Crippen molar-refractivity contribution in [2.45, 2.75) is 32.2 Å². The van der Waals surface area contributed by atoms with Gasteiger partial charge in [0.15, 0.2) is 0 Å². The SMILES string of the molecule is COc1ccccc1C(C)NC(=O)C(C)(C)c1ccccc1. The van der Waals surface area contributed by atoms with Gasteiger partial charge in [0, 0.05) is 5.56 Å². The summed E-state index contributed by atoms with van der Waals surface area (Å²) >= 11 is 0. The maximum Gasteiger partial charge on any atom is 0.230 e. The molecule has 2 aromatic rings. The van der Waals surface area contributed by atoms with Gasteiger partial charge in [-0.15, -0.1) is 0 Å². The Balaban J connectivity index is 2.18. The highest BCUT2D eigenvalue weighted by Gasteiger charge is 2.30. The minimum absolute atomic E-state index is 0.00268. The van der Waals surface area contributed by atoms with Gasteiger partial charge in [0.25, 0.3) is 0 Å². The number of ether oxygens (including phenoxy) is 1. The van der Waals surface area contributed by atoms with Crippen molar-refractivity contribution in [1.82, 2.24) is 5.32 Å². The maximum absolute atomic E-state index is 12.7. The molecule has 2 aromatic carbocycles. The zero-order valence-electron chi connectivity index (χ0n) is 13.6. The van der Waals surface area contributed by atoms with Crippen LogP contribution in [0, 0.1) is 0 Å². The lowest BCUT2D eigenvalue weighted by molar-refractivity contribution is -0.126. The minimum Gasteiger partial charge on any atom is -0.496 e. The van der Waals surface area contributed by atoms with Crippen LogP contribution in [0.25, 0.3) is 0 Å². The van der Waals surface area contributed by atoms with Crippen molar-refractivity contribution in [3.63, 3.8) is 0 Å². The van der Waals surface area contributed by atoms with Gasteiger partial charge >= 0.3 is 0 Å². The first-order valence-electron chi connectivity index (χ1n) is 7.46. The highest BCUT2D eigenvalue weighted by Crippen LogP contribution is 2.27. The van der Waals surface area contributed by atoms with Crippen LogP contribution in [0.4, 0.5) is 0 Å².